The van der Waals surface area contributed by atoms with Gasteiger partial charge < -0.3 is 5.32 Å². The standard InChI is InChI=1S/C16H17FN4O/c1-10(2)15-6-11(17)4-5-14(15)16(22)19-9-12-7-13(8-18)21(3)20-12/h4-7,10H,9H2,1-3H3,(H,19,22)/i3D3. The number of rotatable bonds is 4. The number of nitriles is 1. The Labute approximate surface area is 132 Å². The lowest BCUT2D eigenvalue weighted by atomic mass is 9.96. The van der Waals surface area contributed by atoms with E-state index in [1.165, 1.54) is 24.3 Å². The molecule has 1 amide bonds. The van der Waals surface area contributed by atoms with Crippen LogP contribution in [0.3, 0.4) is 0 Å². The van der Waals surface area contributed by atoms with E-state index >= 15 is 0 Å². The van der Waals surface area contributed by atoms with Crippen molar-refractivity contribution in [2.75, 3.05) is 0 Å². The summed E-state index contributed by atoms with van der Waals surface area (Å²) < 4.78 is 36.0. The first-order chi connectivity index (χ1) is 11.6. The molecule has 5 nitrogen and oxygen atoms in total. The van der Waals surface area contributed by atoms with Gasteiger partial charge in [-0.2, -0.15) is 10.4 Å². The monoisotopic (exact) mass is 303 g/mol. The van der Waals surface area contributed by atoms with Crippen LogP contribution in [-0.2, 0) is 13.5 Å². The van der Waals surface area contributed by atoms with Crippen molar-refractivity contribution in [1.29, 1.82) is 5.26 Å². The molecular weight excluding hydrogens is 283 g/mol. The zero-order chi connectivity index (χ0) is 18.8. The summed E-state index contributed by atoms with van der Waals surface area (Å²) in [7, 11) is 0. The molecular formula is C16H17FN4O. The minimum Gasteiger partial charge on any atom is -0.346 e. The Morgan fingerprint density at radius 2 is 2.32 bits per heavy atom. The van der Waals surface area contributed by atoms with Crippen LogP contribution in [0.15, 0.2) is 24.3 Å². The number of hydrogen-bond acceptors (Lipinski definition) is 3. The van der Waals surface area contributed by atoms with Gasteiger partial charge in [-0.3, -0.25) is 9.48 Å². The third-order valence-electron chi connectivity index (χ3n) is 3.18. The topological polar surface area (TPSA) is 70.7 Å². The summed E-state index contributed by atoms with van der Waals surface area (Å²) in [5, 5.41) is 15.5. The van der Waals surface area contributed by atoms with Gasteiger partial charge >= 0.3 is 0 Å². The number of aromatic nitrogens is 2. The molecule has 1 heterocycles. The molecule has 2 aromatic rings. The van der Waals surface area contributed by atoms with Crippen molar-refractivity contribution in [3.63, 3.8) is 0 Å². The molecule has 0 saturated heterocycles. The van der Waals surface area contributed by atoms with Crippen molar-refractivity contribution in [3.8, 4) is 6.07 Å². The minimum atomic E-state index is -2.57. The van der Waals surface area contributed by atoms with Crippen molar-refractivity contribution in [2.45, 2.75) is 26.3 Å². The lowest BCUT2D eigenvalue weighted by Gasteiger charge is -2.12. The summed E-state index contributed by atoms with van der Waals surface area (Å²) in [6.07, 6.45) is 0. The van der Waals surface area contributed by atoms with Crippen molar-refractivity contribution in [3.05, 3.63) is 52.6 Å². The van der Waals surface area contributed by atoms with Crippen LogP contribution in [0.1, 0.15) is 51.2 Å². The summed E-state index contributed by atoms with van der Waals surface area (Å²) in [5.41, 5.74) is 1.04. The van der Waals surface area contributed by atoms with E-state index < -0.39 is 18.7 Å². The highest BCUT2D eigenvalue weighted by Gasteiger charge is 2.15. The zero-order valence-corrected chi connectivity index (χ0v) is 12.2. The van der Waals surface area contributed by atoms with Gasteiger partial charge in [-0.1, -0.05) is 13.8 Å². The van der Waals surface area contributed by atoms with Crippen molar-refractivity contribution >= 4 is 5.91 Å². The average molecular weight is 303 g/mol. The smallest absolute Gasteiger partial charge is 0.251 e. The summed E-state index contributed by atoms with van der Waals surface area (Å²) >= 11 is 0. The maximum Gasteiger partial charge on any atom is 0.251 e. The highest BCUT2D eigenvalue weighted by molar-refractivity contribution is 5.95. The number of carbonyl (C=O) groups is 1. The second-order valence-electron chi connectivity index (χ2n) is 5.11. The fourth-order valence-electron chi connectivity index (χ4n) is 2.08. The molecule has 1 aromatic carbocycles. The maximum absolute atomic E-state index is 13.4. The third-order valence-corrected chi connectivity index (χ3v) is 3.18. The van der Waals surface area contributed by atoms with Gasteiger partial charge in [0.15, 0.2) is 0 Å². The summed E-state index contributed by atoms with van der Waals surface area (Å²) in [6, 6.07) is 6.99. The molecule has 0 unspecified atom stereocenters. The number of halogens is 1. The minimum absolute atomic E-state index is 0.0450. The zero-order valence-electron chi connectivity index (χ0n) is 15.2. The van der Waals surface area contributed by atoms with Gasteiger partial charge in [0.05, 0.1) is 12.2 Å². The van der Waals surface area contributed by atoms with Crippen LogP contribution in [-0.4, -0.2) is 15.7 Å². The van der Waals surface area contributed by atoms with E-state index in [0.717, 1.165) is 0 Å². The van der Waals surface area contributed by atoms with Gasteiger partial charge in [0.25, 0.3) is 5.91 Å². The molecule has 114 valence electrons. The van der Waals surface area contributed by atoms with Gasteiger partial charge in [-0.05, 0) is 35.7 Å². The third kappa shape index (κ3) is 3.31. The van der Waals surface area contributed by atoms with Crippen molar-refractivity contribution < 1.29 is 13.3 Å². The number of hydrogen-bond donors (Lipinski definition) is 1. The second-order valence-corrected chi connectivity index (χ2v) is 5.11. The molecule has 0 saturated carbocycles. The normalized spacial score (nSPS) is 13.1. The molecule has 1 N–H and O–H groups in total. The number of carbonyl (C=O) groups excluding carboxylic acids is 1. The Bertz CT molecular complexity index is 837. The molecule has 0 aliphatic carbocycles. The van der Waals surface area contributed by atoms with E-state index in [1.807, 2.05) is 13.8 Å². The summed E-state index contributed by atoms with van der Waals surface area (Å²) in [4.78, 5) is 12.4. The van der Waals surface area contributed by atoms with E-state index in [0.29, 0.717) is 15.8 Å². The molecule has 0 aliphatic heterocycles. The van der Waals surface area contributed by atoms with Crippen LogP contribution >= 0.6 is 0 Å². The number of nitrogens with zero attached hydrogens (tertiary/aromatic N) is 3. The van der Waals surface area contributed by atoms with Gasteiger partial charge in [0, 0.05) is 16.7 Å². The Morgan fingerprint density at radius 1 is 1.55 bits per heavy atom. The van der Waals surface area contributed by atoms with E-state index in [9.17, 15) is 9.18 Å². The molecule has 0 atom stereocenters. The fourth-order valence-corrected chi connectivity index (χ4v) is 2.08. The number of aryl methyl sites for hydroxylation is 1. The highest BCUT2D eigenvalue weighted by Crippen LogP contribution is 2.20. The maximum atomic E-state index is 13.4. The largest absolute Gasteiger partial charge is 0.346 e. The quantitative estimate of drug-likeness (QED) is 0.943. The van der Waals surface area contributed by atoms with Gasteiger partial charge in [-0.25, -0.2) is 4.39 Å². The Morgan fingerprint density at radius 3 is 2.91 bits per heavy atom. The Kier molecular flexibility index (Phi) is 3.46. The van der Waals surface area contributed by atoms with Crippen LogP contribution in [0.4, 0.5) is 4.39 Å². The van der Waals surface area contributed by atoms with Crippen LogP contribution in [0, 0.1) is 17.1 Å². The lowest BCUT2D eigenvalue weighted by Crippen LogP contribution is -2.24. The van der Waals surface area contributed by atoms with Crippen LogP contribution in [0.2, 0.25) is 0 Å². The molecule has 0 aliphatic rings. The first kappa shape index (κ1) is 11.9. The predicted octanol–water partition coefficient (Wildman–Crippen LogP) is 2.48. The number of amides is 1. The first-order valence-electron chi connectivity index (χ1n) is 8.20. The molecule has 0 bridgehead atoms. The van der Waals surface area contributed by atoms with Gasteiger partial charge in [0.1, 0.15) is 17.6 Å². The average Bonchev–Trinajstić information content (AvgIpc) is 2.96. The first-order valence-corrected chi connectivity index (χ1v) is 6.70. The van der Waals surface area contributed by atoms with Crippen LogP contribution in [0.5, 0.6) is 0 Å². The fraction of sp³-hybridized carbons (Fsp3) is 0.312. The van der Waals surface area contributed by atoms with Gasteiger partial charge in [0.2, 0.25) is 0 Å². The molecule has 22 heavy (non-hydrogen) atoms. The SMILES string of the molecule is [2H]C([2H])([2H])n1nc(CNC(=O)c2ccc(F)cc2C(C)C)cc1C#N. The summed E-state index contributed by atoms with van der Waals surface area (Å²) in [5.74, 6) is -0.891. The van der Waals surface area contributed by atoms with E-state index in [-0.39, 0.29) is 23.9 Å². The summed E-state index contributed by atoms with van der Waals surface area (Å²) in [6.45, 7) is 1.08. The van der Waals surface area contributed by atoms with Crippen LogP contribution in [0.25, 0.3) is 0 Å². The molecule has 0 spiro atoms. The molecule has 6 heteroatoms. The van der Waals surface area contributed by atoms with Crippen LogP contribution < -0.4 is 5.32 Å². The van der Waals surface area contributed by atoms with Crippen molar-refractivity contribution in [1.82, 2.24) is 15.1 Å². The Hall–Kier alpha value is -2.68. The molecule has 2 rings (SSSR count). The lowest BCUT2D eigenvalue weighted by molar-refractivity contribution is 0.0949. The Balaban J connectivity index is 2.19. The molecule has 0 fully saturated rings. The van der Waals surface area contributed by atoms with Gasteiger partial charge in [-0.15, -0.1) is 0 Å². The second kappa shape index (κ2) is 6.39. The van der Waals surface area contributed by atoms with E-state index in [1.54, 1.807) is 6.07 Å². The van der Waals surface area contributed by atoms with E-state index in [4.69, 9.17) is 9.37 Å². The van der Waals surface area contributed by atoms with E-state index in [2.05, 4.69) is 10.4 Å². The molecule has 1 aromatic heterocycles. The number of nitrogens with one attached hydrogen (secondary N) is 1. The predicted molar refractivity (Wildman–Crippen MR) is 79.6 cm³/mol. The number of benzene rings is 1. The van der Waals surface area contributed by atoms with Crippen molar-refractivity contribution in [2.24, 2.45) is 6.98 Å². The highest BCUT2D eigenvalue weighted by atomic mass is 19.1. The molecule has 0 radical (unpaired) electrons.